The lowest BCUT2D eigenvalue weighted by molar-refractivity contribution is 0.0849. The number of amides is 2. The molecule has 1 atom stereocenters. The topological polar surface area (TPSA) is 58.2 Å². The third-order valence-electron chi connectivity index (χ3n) is 4.26. The molecule has 1 aromatic heterocycles. The van der Waals surface area contributed by atoms with Gasteiger partial charge in [0.05, 0.1) is 15.5 Å². The molecule has 1 aliphatic carbocycles. The van der Waals surface area contributed by atoms with Gasteiger partial charge in [0, 0.05) is 9.77 Å². The number of hydrogen-bond donors (Lipinski definition) is 2. The van der Waals surface area contributed by atoms with Gasteiger partial charge in [-0.2, -0.15) is 0 Å². The van der Waals surface area contributed by atoms with E-state index in [1.54, 1.807) is 12.1 Å². The van der Waals surface area contributed by atoms with Crippen LogP contribution >= 0.6 is 34.7 Å². The van der Waals surface area contributed by atoms with E-state index in [1.807, 2.05) is 18.4 Å². The Labute approximate surface area is 160 Å². The van der Waals surface area contributed by atoms with E-state index in [4.69, 9.17) is 11.6 Å². The van der Waals surface area contributed by atoms with Crippen molar-refractivity contribution < 1.29 is 9.59 Å². The number of benzene rings is 1. The molecule has 0 saturated heterocycles. The molecule has 1 aliphatic rings. The molecule has 3 rings (SSSR count). The standard InChI is InChI=1S/C18H19ClN2O2S2/c1-10-3-6-15-11(7-10)8-16(25-15)18(23)21-20-17(22)13-9-12(24-2)4-5-14(13)19/h4-5,8-10H,3,6-7H2,1-2H3,(H,20,22)(H,21,23). The van der Waals surface area contributed by atoms with Gasteiger partial charge in [0.2, 0.25) is 0 Å². The van der Waals surface area contributed by atoms with Crippen LogP contribution in [0.5, 0.6) is 0 Å². The van der Waals surface area contributed by atoms with Gasteiger partial charge in [-0.05, 0) is 61.3 Å². The summed E-state index contributed by atoms with van der Waals surface area (Å²) in [6.07, 6.45) is 5.13. The summed E-state index contributed by atoms with van der Waals surface area (Å²) in [5, 5.41) is 0.352. The Hall–Kier alpha value is -1.50. The molecular formula is C18H19ClN2O2S2. The molecular weight excluding hydrogens is 376 g/mol. The number of thiophene rings is 1. The average molecular weight is 395 g/mol. The number of carbonyl (C=O) groups excluding carboxylic acids is 2. The minimum absolute atomic E-state index is 0.294. The molecule has 4 nitrogen and oxygen atoms in total. The summed E-state index contributed by atoms with van der Waals surface area (Å²) in [6, 6.07) is 7.18. The number of aryl methyl sites for hydroxylation is 1. The molecule has 1 aromatic carbocycles. The van der Waals surface area contributed by atoms with Crippen molar-refractivity contribution >= 4 is 46.5 Å². The van der Waals surface area contributed by atoms with E-state index in [0.29, 0.717) is 21.4 Å². The third-order valence-corrected chi connectivity index (χ3v) is 6.55. The Bertz CT molecular complexity index is 819. The normalized spacial score (nSPS) is 16.2. The average Bonchev–Trinajstić information content (AvgIpc) is 3.03. The van der Waals surface area contributed by atoms with Gasteiger partial charge < -0.3 is 0 Å². The first-order valence-corrected chi connectivity index (χ1v) is 10.5. The molecule has 0 radical (unpaired) electrons. The zero-order valence-corrected chi connectivity index (χ0v) is 16.4. The predicted octanol–water partition coefficient (Wildman–Crippen LogP) is 4.32. The van der Waals surface area contributed by atoms with Gasteiger partial charge in [-0.25, -0.2) is 0 Å². The molecule has 25 heavy (non-hydrogen) atoms. The summed E-state index contributed by atoms with van der Waals surface area (Å²) in [6.45, 7) is 2.23. The number of fused-ring (bicyclic) bond motifs is 1. The molecule has 0 saturated carbocycles. The van der Waals surface area contributed by atoms with E-state index in [-0.39, 0.29) is 5.91 Å². The number of hydrogen-bond acceptors (Lipinski definition) is 4. The van der Waals surface area contributed by atoms with Gasteiger partial charge in [0.1, 0.15) is 0 Å². The van der Waals surface area contributed by atoms with Crippen LogP contribution in [0.2, 0.25) is 5.02 Å². The highest BCUT2D eigenvalue weighted by Crippen LogP contribution is 2.32. The summed E-state index contributed by atoms with van der Waals surface area (Å²) in [7, 11) is 0. The lowest BCUT2D eigenvalue weighted by Gasteiger charge is -2.16. The second-order valence-electron chi connectivity index (χ2n) is 6.16. The maximum atomic E-state index is 12.3. The fourth-order valence-corrected chi connectivity index (χ4v) is 4.61. The molecule has 1 unspecified atom stereocenters. The Morgan fingerprint density at radius 2 is 2.00 bits per heavy atom. The van der Waals surface area contributed by atoms with Gasteiger partial charge in [-0.1, -0.05) is 18.5 Å². The fourth-order valence-electron chi connectivity index (χ4n) is 2.87. The van der Waals surface area contributed by atoms with Gasteiger partial charge >= 0.3 is 0 Å². The monoisotopic (exact) mass is 394 g/mol. The minimum atomic E-state index is -0.427. The van der Waals surface area contributed by atoms with E-state index in [1.165, 1.54) is 33.5 Å². The number of halogens is 1. The summed E-state index contributed by atoms with van der Waals surface area (Å²) >= 11 is 9.11. The van der Waals surface area contributed by atoms with Gasteiger partial charge in [-0.3, -0.25) is 20.4 Å². The molecule has 2 amide bonds. The van der Waals surface area contributed by atoms with Crippen LogP contribution < -0.4 is 10.9 Å². The maximum absolute atomic E-state index is 12.3. The predicted molar refractivity (Wildman–Crippen MR) is 104 cm³/mol. The Morgan fingerprint density at radius 1 is 1.24 bits per heavy atom. The first kappa shape index (κ1) is 18.3. The Balaban J connectivity index is 1.65. The van der Waals surface area contributed by atoms with Crippen molar-refractivity contribution in [2.24, 2.45) is 5.92 Å². The minimum Gasteiger partial charge on any atom is -0.267 e. The Morgan fingerprint density at radius 3 is 2.76 bits per heavy atom. The molecule has 2 aromatic rings. The van der Waals surface area contributed by atoms with Crippen molar-refractivity contribution in [1.29, 1.82) is 0 Å². The number of rotatable bonds is 3. The highest BCUT2D eigenvalue weighted by atomic mass is 35.5. The maximum Gasteiger partial charge on any atom is 0.279 e. The van der Waals surface area contributed by atoms with Crippen molar-refractivity contribution in [3.63, 3.8) is 0 Å². The highest BCUT2D eigenvalue weighted by Gasteiger charge is 2.21. The van der Waals surface area contributed by atoms with E-state index in [2.05, 4.69) is 17.8 Å². The van der Waals surface area contributed by atoms with Crippen molar-refractivity contribution in [3.05, 3.63) is 50.2 Å². The second kappa shape index (κ2) is 7.81. The molecule has 2 N–H and O–H groups in total. The highest BCUT2D eigenvalue weighted by molar-refractivity contribution is 7.98. The SMILES string of the molecule is CSc1ccc(Cl)c(C(=O)NNC(=O)c2cc3c(s2)CCC(C)C3)c1. The number of hydrazine groups is 1. The first-order valence-electron chi connectivity index (χ1n) is 8.03. The molecule has 0 spiro atoms. The molecule has 132 valence electrons. The molecule has 7 heteroatoms. The smallest absolute Gasteiger partial charge is 0.267 e. The summed E-state index contributed by atoms with van der Waals surface area (Å²) in [4.78, 5) is 27.5. The van der Waals surface area contributed by atoms with Gasteiger partial charge in [0.25, 0.3) is 11.8 Å². The van der Waals surface area contributed by atoms with Crippen molar-refractivity contribution in [3.8, 4) is 0 Å². The second-order valence-corrected chi connectivity index (χ2v) is 8.58. The van der Waals surface area contributed by atoms with Crippen LogP contribution in [-0.2, 0) is 12.8 Å². The lowest BCUT2D eigenvalue weighted by Crippen LogP contribution is -2.41. The van der Waals surface area contributed by atoms with Crippen molar-refractivity contribution in [2.45, 2.75) is 31.1 Å². The molecule has 0 fully saturated rings. The van der Waals surface area contributed by atoms with E-state index >= 15 is 0 Å². The molecule has 1 heterocycles. The quantitative estimate of drug-likeness (QED) is 0.602. The fraction of sp³-hybridized carbons (Fsp3) is 0.333. The van der Waals surface area contributed by atoms with Crippen LogP contribution in [0.3, 0.4) is 0 Å². The van der Waals surface area contributed by atoms with E-state index in [0.717, 1.165) is 24.2 Å². The van der Waals surface area contributed by atoms with Crippen LogP contribution in [0.1, 0.15) is 43.8 Å². The van der Waals surface area contributed by atoms with Crippen molar-refractivity contribution in [2.75, 3.05) is 6.26 Å². The number of nitrogens with one attached hydrogen (secondary N) is 2. The van der Waals surface area contributed by atoms with Gasteiger partial charge in [0.15, 0.2) is 0 Å². The lowest BCUT2D eigenvalue weighted by atomic mass is 9.90. The number of thioether (sulfide) groups is 1. The zero-order chi connectivity index (χ0) is 18.0. The summed E-state index contributed by atoms with van der Waals surface area (Å²) < 4.78 is 0. The van der Waals surface area contributed by atoms with Crippen LogP contribution in [0, 0.1) is 5.92 Å². The largest absolute Gasteiger partial charge is 0.279 e. The Kier molecular flexibility index (Phi) is 5.71. The van der Waals surface area contributed by atoms with Crippen molar-refractivity contribution in [1.82, 2.24) is 10.9 Å². The van der Waals surface area contributed by atoms with Crippen LogP contribution in [0.4, 0.5) is 0 Å². The summed E-state index contributed by atoms with van der Waals surface area (Å²) in [5.74, 6) is -0.0645. The van der Waals surface area contributed by atoms with Crippen LogP contribution in [0.15, 0.2) is 29.2 Å². The van der Waals surface area contributed by atoms with Crippen LogP contribution in [-0.4, -0.2) is 18.1 Å². The number of carbonyl (C=O) groups is 2. The summed E-state index contributed by atoms with van der Waals surface area (Å²) in [5.41, 5.74) is 6.54. The van der Waals surface area contributed by atoms with Gasteiger partial charge in [-0.15, -0.1) is 23.1 Å². The van der Waals surface area contributed by atoms with E-state index in [9.17, 15) is 9.59 Å². The molecule has 0 aliphatic heterocycles. The third kappa shape index (κ3) is 4.19. The molecule has 0 bridgehead atoms. The van der Waals surface area contributed by atoms with E-state index < -0.39 is 5.91 Å². The zero-order valence-electron chi connectivity index (χ0n) is 14.0. The first-order chi connectivity index (χ1) is 12.0. The van der Waals surface area contributed by atoms with Crippen LogP contribution in [0.25, 0.3) is 0 Å².